The molecule has 0 aliphatic carbocycles. The fraction of sp³-hybridized carbons (Fsp3) is 1.00. The SMILES string of the molecule is CSC(C)(S)S. The van der Waals surface area contributed by atoms with Crippen LogP contribution in [-0.2, 0) is 0 Å². The van der Waals surface area contributed by atoms with Crippen LogP contribution in [0.5, 0.6) is 0 Å². The average molecular weight is 140 g/mol. The van der Waals surface area contributed by atoms with E-state index in [1.54, 1.807) is 11.8 Å². The number of thiol groups is 2. The molecule has 0 fully saturated rings. The highest BCUT2D eigenvalue weighted by Gasteiger charge is 2.06. The Bertz CT molecular complexity index is 35.8. The van der Waals surface area contributed by atoms with Gasteiger partial charge < -0.3 is 0 Å². The topological polar surface area (TPSA) is 0 Å². The van der Waals surface area contributed by atoms with Gasteiger partial charge in [0.2, 0.25) is 0 Å². The molecule has 0 aromatic rings. The highest BCUT2D eigenvalue weighted by Crippen LogP contribution is 2.29. The minimum Gasteiger partial charge on any atom is -0.151 e. The fourth-order valence-electron chi connectivity index (χ4n) is 0. The monoisotopic (exact) mass is 140 g/mol. The van der Waals surface area contributed by atoms with Crippen molar-refractivity contribution >= 4 is 37.0 Å². The summed E-state index contributed by atoms with van der Waals surface area (Å²) in [4.78, 5) is 0. The Morgan fingerprint density at radius 1 is 1.50 bits per heavy atom. The van der Waals surface area contributed by atoms with Crippen LogP contribution in [0.15, 0.2) is 0 Å². The predicted octanol–water partition coefficient (Wildman–Crippen LogP) is 1.88. The van der Waals surface area contributed by atoms with Crippen LogP contribution in [0.4, 0.5) is 0 Å². The molecular weight excluding hydrogens is 132 g/mol. The minimum absolute atomic E-state index is 0.153. The van der Waals surface area contributed by atoms with Gasteiger partial charge in [-0.2, -0.15) is 25.3 Å². The second-order valence-electron chi connectivity index (χ2n) is 1.14. The van der Waals surface area contributed by atoms with Gasteiger partial charge in [0.05, 0.1) is 3.41 Å². The van der Waals surface area contributed by atoms with E-state index in [0.29, 0.717) is 0 Å². The summed E-state index contributed by atoms with van der Waals surface area (Å²) in [5.74, 6) is 0. The lowest BCUT2D eigenvalue weighted by atomic mass is 10.9. The van der Waals surface area contributed by atoms with E-state index in [2.05, 4.69) is 25.3 Å². The molecule has 0 saturated heterocycles. The lowest BCUT2D eigenvalue weighted by Gasteiger charge is -2.09. The van der Waals surface area contributed by atoms with Crippen LogP contribution in [0.3, 0.4) is 0 Å². The molecule has 0 aromatic heterocycles. The summed E-state index contributed by atoms with van der Waals surface area (Å²) in [5.41, 5.74) is 0. The third-order valence-corrected chi connectivity index (χ3v) is 2.26. The molecule has 0 radical (unpaired) electrons. The maximum atomic E-state index is 4.08. The zero-order chi connectivity index (χ0) is 5.21. The molecule has 0 aliphatic rings. The molecule has 0 bridgehead atoms. The Labute approximate surface area is 53.9 Å². The molecule has 0 aromatic carbocycles. The van der Waals surface area contributed by atoms with E-state index < -0.39 is 0 Å². The lowest BCUT2D eigenvalue weighted by Crippen LogP contribution is -1.95. The van der Waals surface area contributed by atoms with Gasteiger partial charge in [0, 0.05) is 0 Å². The van der Waals surface area contributed by atoms with Gasteiger partial charge in [-0.15, -0.1) is 11.8 Å². The summed E-state index contributed by atoms with van der Waals surface area (Å²) in [6.07, 6.45) is 1.97. The van der Waals surface area contributed by atoms with Gasteiger partial charge in [-0.3, -0.25) is 0 Å². The summed E-state index contributed by atoms with van der Waals surface area (Å²) in [5, 5.41) is 0. The average Bonchev–Trinajstić information content (AvgIpc) is 1.35. The second-order valence-corrected chi connectivity index (χ2v) is 5.11. The van der Waals surface area contributed by atoms with Gasteiger partial charge >= 0.3 is 0 Å². The zero-order valence-electron chi connectivity index (χ0n) is 3.80. The molecule has 0 nitrogen and oxygen atoms in total. The van der Waals surface area contributed by atoms with Crippen LogP contribution >= 0.6 is 37.0 Å². The Morgan fingerprint density at radius 3 is 1.67 bits per heavy atom. The summed E-state index contributed by atoms with van der Waals surface area (Å²) in [7, 11) is 0. The quantitative estimate of drug-likeness (QED) is 0.414. The standard InChI is InChI=1S/C3H8S3/c1-3(4,5)6-2/h4-5H,1-2H3. The molecule has 0 saturated carbocycles. The van der Waals surface area contributed by atoms with Crippen LogP contribution in [0.1, 0.15) is 6.92 Å². The van der Waals surface area contributed by atoms with Crippen LogP contribution < -0.4 is 0 Å². The Balaban J connectivity index is 3.17. The maximum absolute atomic E-state index is 4.08. The minimum atomic E-state index is -0.153. The molecule has 38 valence electrons. The van der Waals surface area contributed by atoms with Crippen LogP contribution in [0, 0.1) is 0 Å². The van der Waals surface area contributed by atoms with Crippen molar-refractivity contribution in [3.05, 3.63) is 0 Å². The molecule has 6 heavy (non-hydrogen) atoms. The Hall–Kier alpha value is 1.05. The molecule has 0 spiro atoms. The van der Waals surface area contributed by atoms with Crippen molar-refractivity contribution in [2.75, 3.05) is 6.26 Å². The third kappa shape index (κ3) is 5.05. The van der Waals surface area contributed by atoms with Crippen molar-refractivity contribution < 1.29 is 0 Å². The van der Waals surface area contributed by atoms with Gasteiger partial charge in [-0.1, -0.05) is 0 Å². The predicted molar refractivity (Wildman–Crippen MR) is 39.9 cm³/mol. The van der Waals surface area contributed by atoms with Gasteiger partial charge in [-0.05, 0) is 13.2 Å². The normalized spacial score (nSPS) is 12.0. The highest BCUT2D eigenvalue weighted by atomic mass is 32.2. The van der Waals surface area contributed by atoms with Crippen molar-refractivity contribution in [1.82, 2.24) is 0 Å². The van der Waals surface area contributed by atoms with Crippen molar-refractivity contribution in [3.63, 3.8) is 0 Å². The molecular formula is C3H8S3. The Morgan fingerprint density at radius 2 is 1.67 bits per heavy atom. The molecule has 0 heterocycles. The zero-order valence-corrected chi connectivity index (χ0v) is 6.41. The summed E-state index contributed by atoms with van der Waals surface area (Å²) >= 11 is 9.77. The van der Waals surface area contributed by atoms with E-state index in [-0.39, 0.29) is 3.41 Å². The Kier molecular flexibility index (Phi) is 2.80. The van der Waals surface area contributed by atoms with E-state index in [9.17, 15) is 0 Å². The van der Waals surface area contributed by atoms with E-state index in [0.717, 1.165) is 0 Å². The number of hydrogen-bond donors (Lipinski definition) is 2. The molecule has 0 N–H and O–H groups in total. The number of hydrogen-bond acceptors (Lipinski definition) is 3. The van der Waals surface area contributed by atoms with Crippen molar-refractivity contribution in [3.8, 4) is 0 Å². The maximum Gasteiger partial charge on any atom is 0.0977 e. The van der Waals surface area contributed by atoms with E-state index in [4.69, 9.17) is 0 Å². The van der Waals surface area contributed by atoms with E-state index in [1.165, 1.54) is 0 Å². The molecule has 0 amide bonds. The first-order valence-electron chi connectivity index (χ1n) is 1.56. The molecule has 0 unspecified atom stereocenters. The molecule has 0 rings (SSSR count). The first-order valence-corrected chi connectivity index (χ1v) is 3.68. The first kappa shape index (κ1) is 7.05. The molecule has 0 aliphatic heterocycles. The van der Waals surface area contributed by atoms with E-state index in [1.807, 2.05) is 13.2 Å². The van der Waals surface area contributed by atoms with Crippen molar-refractivity contribution in [2.45, 2.75) is 10.3 Å². The number of thioether (sulfide) groups is 1. The fourth-order valence-corrected chi connectivity index (χ4v) is 0. The first-order chi connectivity index (χ1) is 2.56. The summed E-state index contributed by atoms with van der Waals surface area (Å²) < 4.78 is -0.153. The van der Waals surface area contributed by atoms with Gasteiger partial charge in [0.1, 0.15) is 0 Å². The molecule has 3 heteroatoms. The van der Waals surface area contributed by atoms with Gasteiger partial charge in [0.15, 0.2) is 0 Å². The van der Waals surface area contributed by atoms with Crippen LogP contribution in [0.25, 0.3) is 0 Å². The molecule has 0 atom stereocenters. The lowest BCUT2D eigenvalue weighted by molar-refractivity contribution is 1.36. The third-order valence-electron chi connectivity index (χ3n) is 0.387. The smallest absolute Gasteiger partial charge is 0.0977 e. The van der Waals surface area contributed by atoms with Crippen molar-refractivity contribution in [2.24, 2.45) is 0 Å². The number of rotatable bonds is 1. The van der Waals surface area contributed by atoms with Crippen LogP contribution in [-0.4, -0.2) is 9.67 Å². The summed E-state index contributed by atoms with van der Waals surface area (Å²) in [6, 6.07) is 0. The second kappa shape index (κ2) is 2.38. The summed E-state index contributed by atoms with van der Waals surface area (Å²) in [6.45, 7) is 1.93. The van der Waals surface area contributed by atoms with Crippen molar-refractivity contribution in [1.29, 1.82) is 0 Å². The van der Waals surface area contributed by atoms with E-state index >= 15 is 0 Å². The van der Waals surface area contributed by atoms with Gasteiger partial charge in [-0.25, -0.2) is 0 Å². The van der Waals surface area contributed by atoms with Crippen LogP contribution in [0.2, 0.25) is 0 Å². The largest absolute Gasteiger partial charge is 0.151 e. The highest BCUT2D eigenvalue weighted by molar-refractivity contribution is 8.23. The van der Waals surface area contributed by atoms with Gasteiger partial charge in [0.25, 0.3) is 0 Å².